The Morgan fingerprint density at radius 2 is 2.47 bits per heavy atom. The van der Waals surface area contributed by atoms with Crippen molar-refractivity contribution in [2.75, 3.05) is 6.61 Å². The molecule has 1 amide bonds. The topological polar surface area (TPSA) is 73.2 Å². The second-order valence-corrected chi connectivity index (χ2v) is 3.99. The lowest BCUT2D eigenvalue weighted by atomic mass is 9.97. The monoisotopic (exact) mass is 237 g/mol. The summed E-state index contributed by atoms with van der Waals surface area (Å²) in [5.74, 6) is -0.715. The zero-order valence-electron chi connectivity index (χ0n) is 9.84. The molecule has 2 atom stereocenters. The lowest BCUT2D eigenvalue weighted by Gasteiger charge is -2.17. The van der Waals surface area contributed by atoms with Gasteiger partial charge in [-0.2, -0.15) is 5.10 Å². The molecule has 2 heterocycles. The van der Waals surface area contributed by atoms with Crippen LogP contribution in [-0.4, -0.2) is 34.3 Å². The highest BCUT2D eigenvalue weighted by Crippen LogP contribution is 2.28. The molecule has 0 saturated carbocycles. The molecule has 2 unspecified atom stereocenters. The van der Waals surface area contributed by atoms with Crippen molar-refractivity contribution in [3.05, 3.63) is 18.0 Å². The standard InChI is InChI=1S/C11H15N3O3/c1-3-17-11(16)10-7(6-9(15)13-10)8-4-5-12-14(8)2/h4-5,7,10H,3,6H2,1-2H3,(H,13,15). The smallest absolute Gasteiger partial charge is 0.329 e. The molecule has 92 valence electrons. The van der Waals surface area contributed by atoms with Crippen LogP contribution in [0.2, 0.25) is 0 Å². The summed E-state index contributed by atoms with van der Waals surface area (Å²) in [5, 5.41) is 6.70. The van der Waals surface area contributed by atoms with Gasteiger partial charge in [0.1, 0.15) is 6.04 Å². The number of carbonyl (C=O) groups excluding carboxylic acids is 2. The molecular weight excluding hydrogens is 222 g/mol. The molecule has 0 radical (unpaired) electrons. The van der Waals surface area contributed by atoms with E-state index in [4.69, 9.17) is 4.74 Å². The summed E-state index contributed by atoms with van der Waals surface area (Å²) in [6.45, 7) is 2.05. The van der Waals surface area contributed by atoms with Crippen LogP contribution in [0.4, 0.5) is 0 Å². The third-order valence-electron chi connectivity index (χ3n) is 2.90. The number of esters is 1. The molecule has 1 saturated heterocycles. The maximum atomic E-state index is 11.7. The van der Waals surface area contributed by atoms with Crippen molar-refractivity contribution in [1.82, 2.24) is 15.1 Å². The molecule has 0 aromatic carbocycles. The van der Waals surface area contributed by atoms with Gasteiger partial charge in [-0.05, 0) is 13.0 Å². The molecule has 6 heteroatoms. The third-order valence-corrected chi connectivity index (χ3v) is 2.90. The Morgan fingerprint density at radius 3 is 3.06 bits per heavy atom. The van der Waals surface area contributed by atoms with Crippen molar-refractivity contribution in [2.45, 2.75) is 25.3 Å². The van der Waals surface area contributed by atoms with Gasteiger partial charge in [-0.3, -0.25) is 9.48 Å². The first-order chi connectivity index (χ1) is 8.13. The highest BCUT2D eigenvalue weighted by atomic mass is 16.5. The maximum absolute atomic E-state index is 11.7. The summed E-state index contributed by atoms with van der Waals surface area (Å²) in [6.07, 6.45) is 1.95. The van der Waals surface area contributed by atoms with Gasteiger partial charge in [0.15, 0.2) is 0 Å². The molecule has 1 aliphatic heterocycles. The Labute approximate surface area is 98.9 Å². The zero-order chi connectivity index (χ0) is 12.4. The van der Waals surface area contributed by atoms with E-state index in [2.05, 4.69) is 10.4 Å². The van der Waals surface area contributed by atoms with Crippen LogP contribution in [0.3, 0.4) is 0 Å². The van der Waals surface area contributed by atoms with Gasteiger partial charge < -0.3 is 10.1 Å². The number of nitrogens with one attached hydrogen (secondary N) is 1. The van der Waals surface area contributed by atoms with Crippen molar-refractivity contribution in [2.24, 2.45) is 7.05 Å². The minimum atomic E-state index is -0.599. The minimum Gasteiger partial charge on any atom is -0.464 e. The molecule has 1 aromatic rings. The van der Waals surface area contributed by atoms with Crippen molar-refractivity contribution < 1.29 is 14.3 Å². The largest absolute Gasteiger partial charge is 0.464 e. The summed E-state index contributed by atoms with van der Waals surface area (Å²) in [7, 11) is 1.79. The first-order valence-corrected chi connectivity index (χ1v) is 5.57. The summed E-state index contributed by atoms with van der Waals surface area (Å²) in [5.41, 5.74) is 0.862. The number of nitrogens with zero attached hydrogens (tertiary/aromatic N) is 2. The quantitative estimate of drug-likeness (QED) is 0.748. The Kier molecular flexibility index (Phi) is 3.12. The number of ether oxygens (including phenoxy) is 1. The highest BCUT2D eigenvalue weighted by Gasteiger charge is 2.40. The van der Waals surface area contributed by atoms with Crippen LogP contribution in [0.5, 0.6) is 0 Å². The maximum Gasteiger partial charge on any atom is 0.329 e. The summed E-state index contributed by atoms with van der Waals surface area (Å²) in [4.78, 5) is 23.2. The molecule has 6 nitrogen and oxygen atoms in total. The molecule has 1 aliphatic rings. The summed E-state index contributed by atoms with van der Waals surface area (Å²) < 4.78 is 6.64. The normalized spacial score (nSPS) is 23.5. The van der Waals surface area contributed by atoms with Crippen molar-refractivity contribution in [3.8, 4) is 0 Å². The molecule has 1 N–H and O–H groups in total. The third kappa shape index (κ3) is 2.15. The number of amides is 1. The molecular formula is C11H15N3O3. The van der Waals surface area contributed by atoms with Crippen molar-refractivity contribution in [1.29, 1.82) is 0 Å². The predicted molar refractivity (Wildman–Crippen MR) is 59.1 cm³/mol. The van der Waals surface area contributed by atoms with E-state index in [-0.39, 0.29) is 17.8 Å². The molecule has 2 rings (SSSR count). The van der Waals surface area contributed by atoms with Gasteiger partial charge in [0, 0.05) is 31.3 Å². The van der Waals surface area contributed by atoms with Gasteiger partial charge >= 0.3 is 5.97 Å². The van der Waals surface area contributed by atoms with Gasteiger partial charge in [-0.15, -0.1) is 0 Å². The number of hydrogen-bond donors (Lipinski definition) is 1. The highest BCUT2D eigenvalue weighted by molar-refractivity contribution is 5.90. The zero-order valence-corrected chi connectivity index (χ0v) is 9.84. The predicted octanol–water partition coefficient (Wildman–Crippen LogP) is -0.0447. The molecule has 1 aromatic heterocycles. The van der Waals surface area contributed by atoms with Gasteiger partial charge in [-0.25, -0.2) is 4.79 Å². The number of hydrogen-bond acceptors (Lipinski definition) is 4. The van der Waals surface area contributed by atoms with Crippen LogP contribution in [0.1, 0.15) is 25.0 Å². The van der Waals surface area contributed by atoms with Gasteiger partial charge in [0.2, 0.25) is 5.91 Å². The average Bonchev–Trinajstić information content (AvgIpc) is 2.84. The molecule has 17 heavy (non-hydrogen) atoms. The first-order valence-electron chi connectivity index (χ1n) is 5.57. The van der Waals surface area contributed by atoms with Crippen molar-refractivity contribution >= 4 is 11.9 Å². The number of aryl methyl sites for hydroxylation is 1. The molecule has 0 spiro atoms. The van der Waals surface area contributed by atoms with E-state index >= 15 is 0 Å². The molecule has 1 fully saturated rings. The Hall–Kier alpha value is -1.85. The minimum absolute atomic E-state index is 0.130. The van der Waals surface area contributed by atoms with E-state index in [1.165, 1.54) is 0 Å². The summed E-state index contributed by atoms with van der Waals surface area (Å²) in [6, 6.07) is 1.22. The Bertz CT molecular complexity index is 441. The number of rotatable bonds is 3. The van der Waals surface area contributed by atoms with Crippen LogP contribution in [0, 0.1) is 0 Å². The number of aromatic nitrogens is 2. The van der Waals surface area contributed by atoms with E-state index in [9.17, 15) is 9.59 Å². The fourth-order valence-electron chi connectivity index (χ4n) is 2.13. The second-order valence-electron chi connectivity index (χ2n) is 3.99. The van der Waals surface area contributed by atoms with Crippen LogP contribution in [0.15, 0.2) is 12.3 Å². The van der Waals surface area contributed by atoms with E-state index in [1.807, 2.05) is 6.07 Å². The van der Waals surface area contributed by atoms with Crippen LogP contribution < -0.4 is 5.32 Å². The van der Waals surface area contributed by atoms with E-state index in [1.54, 1.807) is 24.9 Å². The SMILES string of the molecule is CCOC(=O)C1NC(=O)CC1c1ccnn1C. The van der Waals surface area contributed by atoms with E-state index in [0.717, 1.165) is 5.69 Å². The fraction of sp³-hybridized carbons (Fsp3) is 0.545. The second kappa shape index (κ2) is 4.57. The van der Waals surface area contributed by atoms with Gasteiger partial charge in [0.05, 0.1) is 6.61 Å². The molecule has 0 bridgehead atoms. The van der Waals surface area contributed by atoms with E-state index < -0.39 is 6.04 Å². The number of carbonyl (C=O) groups is 2. The Balaban J connectivity index is 2.23. The van der Waals surface area contributed by atoms with Gasteiger partial charge in [0.25, 0.3) is 0 Å². The van der Waals surface area contributed by atoms with E-state index in [0.29, 0.717) is 13.0 Å². The average molecular weight is 237 g/mol. The van der Waals surface area contributed by atoms with Crippen molar-refractivity contribution in [3.63, 3.8) is 0 Å². The lowest BCUT2D eigenvalue weighted by Crippen LogP contribution is -2.38. The van der Waals surface area contributed by atoms with Crippen LogP contribution >= 0.6 is 0 Å². The molecule has 0 aliphatic carbocycles. The first kappa shape index (κ1) is 11.6. The summed E-state index contributed by atoms with van der Waals surface area (Å²) >= 11 is 0. The Morgan fingerprint density at radius 1 is 1.71 bits per heavy atom. The van der Waals surface area contributed by atoms with Crippen LogP contribution in [-0.2, 0) is 21.4 Å². The lowest BCUT2D eigenvalue weighted by molar-refractivity contribution is -0.146. The van der Waals surface area contributed by atoms with Crippen LogP contribution in [0.25, 0.3) is 0 Å². The van der Waals surface area contributed by atoms with Gasteiger partial charge in [-0.1, -0.05) is 0 Å². The fourth-order valence-corrected chi connectivity index (χ4v) is 2.13.